The van der Waals surface area contributed by atoms with Gasteiger partial charge in [0, 0.05) is 66.2 Å². The summed E-state index contributed by atoms with van der Waals surface area (Å²) in [6.07, 6.45) is 10.6. The van der Waals surface area contributed by atoms with Gasteiger partial charge >= 0.3 is 0 Å². The van der Waals surface area contributed by atoms with Gasteiger partial charge in [0.05, 0.1) is 12.9 Å². The maximum Gasteiger partial charge on any atom is 0.251 e. The number of hydrogen-bond acceptors (Lipinski definition) is 6. The lowest BCUT2D eigenvalue weighted by Crippen LogP contribution is -2.29. The first-order valence-corrected chi connectivity index (χ1v) is 17.4. The highest BCUT2D eigenvalue weighted by atomic mass is 32.2. The highest BCUT2D eigenvalue weighted by Crippen LogP contribution is 2.34. The van der Waals surface area contributed by atoms with Gasteiger partial charge in [-0.1, -0.05) is 45.4 Å². The van der Waals surface area contributed by atoms with E-state index in [2.05, 4.69) is 89.1 Å². The number of thioether (sulfide) groups is 1. The Kier molecular flexibility index (Phi) is 12.4. The molecule has 7 nitrogen and oxygen atoms in total. The van der Waals surface area contributed by atoms with Crippen molar-refractivity contribution in [3.05, 3.63) is 96.6 Å². The summed E-state index contributed by atoms with van der Waals surface area (Å²) in [6.45, 7) is 11.2. The molecule has 1 aliphatic rings. The van der Waals surface area contributed by atoms with Crippen molar-refractivity contribution in [2.45, 2.75) is 51.5 Å². The lowest BCUT2D eigenvalue weighted by molar-refractivity contribution is -0.112. The van der Waals surface area contributed by atoms with Crippen molar-refractivity contribution in [3.63, 3.8) is 0 Å². The van der Waals surface area contributed by atoms with Crippen LogP contribution in [0.4, 0.5) is 11.4 Å². The molecule has 0 unspecified atom stereocenters. The van der Waals surface area contributed by atoms with Crippen LogP contribution in [0.2, 0.25) is 0 Å². The van der Waals surface area contributed by atoms with Crippen LogP contribution in [0.5, 0.6) is 5.75 Å². The average Bonchev–Trinajstić information content (AvgIpc) is 3.52. The largest absolute Gasteiger partial charge is 0.491 e. The Morgan fingerprint density at radius 2 is 1.80 bits per heavy atom. The molecule has 0 aliphatic carbocycles. The third-order valence-electron chi connectivity index (χ3n) is 7.84. The number of ether oxygens (including phenoxy) is 2. The van der Waals surface area contributed by atoms with Crippen molar-refractivity contribution in [2.24, 2.45) is 5.92 Å². The van der Waals surface area contributed by atoms with E-state index in [0.717, 1.165) is 78.5 Å². The molecule has 46 heavy (non-hydrogen) atoms. The van der Waals surface area contributed by atoms with Gasteiger partial charge < -0.3 is 24.3 Å². The lowest BCUT2D eigenvalue weighted by Gasteiger charge is -2.27. The molecular formula is C38H46N4O3S. The Hall–Kier alpha value is -4.01. The zero-order valence-electron chi connectivity index (χ0n) is 27.3. The molecule has 0 saturated heterocycles. The summed E-state index contributed by atoms with van der Waals surface area (Å²) in [5.41, 5.74) is 6.04. The summed E-state index contributed by atoms with van der Waals surface area (Å²) in [6, 6.07) is 22.9. The summed E-state index contributed by atoms with van der Waals surface area (Å²) in [5.74, 6) is 2.24. The Balaban J connectivity index is 1.25. The first kappa shape index (κ1) is 33.4. The minimum atomic E-state index is -0.0524. The number of rotatable bonds is 16. The van der Waals surface area contributed by atoms with Gasteiger partial charge in [0.25, 0.3) is 5.91 Å². The Morgan fingerprint density at radius 3 is 2.54 bits per heavy atom. The van der Waals surface area contributed by atoms with Gasteiger partial charge in [-0.2, -0.15) is 0 Å². The number of amides is 1. The summed E-state index contributed by atoms with van der Waals surface area (Å²) in [4.78, 5) is 21.2. The smallest absolute Gasteiger partial charge is 0.251 e. The standard InChI is InChI=1S/C38H46N4O3S/c1-4-5-21-44-22-23-45-35-11-6-30(7-12-35)31-8-15-37-33(25-31)26-32(16-18-42(37)27-29(2)3)38(43)40-34-9-13-36(14-10-34)46-24-20-41-19-17-39-28-41/h6-15,17,19,25-26,28-29H,4-5,16,18,20-24,27H2,1-3H3,(H,40,43). The predicted octanol–water partition coefficient (Wildman–Crippen LogP) is 8.43. The molecule has 1 aliphatic heterocycles. The number of benzene rings is 3. The number of carbonyl (C=O) groups is 1. The van der Waals surface area contributed by atoms with Gasteiger partial charge in [-0.25, -0.2) is 4.98 Å². The number of aryl methyl sites for hydroxylation is 1. The van der Waals surface area contributed by atoms with E-state index in [1.54, 1.807) is 18.0 Å². The normalized spacial score (nSPS) is 12.9. The van der Waals surface area contributed by atoms with E-state index in [1.165, 1.54) is 10.6 Å². The van der Waals surface area contributed by atoms with E-state index in [0.29, 0.717) is 25.6 Å². The molecule has 5 rings (SSSR count). The zero-order valence-corrected chi connectivity index (χ0v) is 28.1. The van der Waals surface area contributed by atoms with Crippen LogP contribution in [0.15, 0.2) is 95.9 Å². The molecule has 0 radical (unpaired) electrons. The van der Waals surface area contributed by atoms with Crippen molar-refractivity contribution >= 4 is 35.1 Å². The van der Waals surface area contributed by atoms with Crippen LogP contribution in [0, 0.1) is 5.92 Å². The Labute approximate surface area is 278 Å². The first-order chi connectivity index (χ1) is 22.5. The SMILES string of the molecule is CCCCOCCOc1ccc(-c2ccc3c(c2)C=C(C(=O)Nc2ccc(SCCn4ccnc4)cc2)CCN3CC(C)C)cc1. The summed E-state index contributed by atoms with van der Waals surface area (Å²) in [7, 11) is 0. The van der Waals surface area contributed by atoms with E-state index in [1.807, 2.05) is 36.8 Å². The fourth-order valence-corrected chi connectivity index (χ4v) is 6.29. The summed E-state index contributed by atoms with van der Waals surface area (Å²) < 4.78 is 13.6. The molecule has 0 spiro atoms. The Morgan fingerprint density at radius 1 is 1.00 bits per heavy atom. The van der Waals surface area contributed by atoms with Crippen LogP contribution in [0.25, 0.3) is 17.2 Å². The van der Waals surface area contributed by atoms with Crippen molar-refractivity contribution in [1.29, 1.82) is 0 Å². The number of carbonyl (C=O) groups excluding carboxylic acids is 1. The number of imidazole rings is 1. The first-order valence-electron chi connectivity index (χ1n) is 16.4. The molecule has 1 N–H and O–H groups in total. The minimum Gasteiger partial charge on any atom is -0.491 e. The zero-order chi connectivity index (χ0) is 32.1. The second kappa shape index (κ2) is 17.1. The highest BCUT2D eigenvalue weighted by molar-refractivity contribution is 7.99. The Bertz CT molecular complexity index is 1550. The third kappa shape index (κ3) is 9.74. The maximum atomic E-state index is 13.6. The molecule has 2 heterocycles. The summed E-state index contributed by atoms with van der Waals surface area (Å²) >= 11 is 1.79. The molecule has 1 amide bonds. The van der Waals surface area contributed by atoms with Crippen LogP contribution < -0.4 is 15.0 Å². The second-order valence-electron chi connectivity index (χ2n) is 12.0. The molecule has 0 saturated carbocycles. The van der Waals surface area contributed by atoms with E-state index >= 15 is 0 Å². The topological polar surface area (TPSA) is 68.6 Å². The number of nitrogens with one attached hydrogen (secondary N) is 1. The highest BCUT2D eigenvalue weighted by Gasteiger charge is 2.21. The number of anilines is 2. The molecule has 3 aromatic carbocycles. The van der Waals surface area contributed by atoms with E-state index in [-0.39, 0.29) is 5.91 Å². The van der Waals surface area contributed by atoms with Crippen LogP contribution in [-0.2, 0) is 16.1 Å². The quantitative estimate of drug-likeness (QED) is 0.0982. The van der Waals surface area contributed by atoms with Gasteiger partial charge in [-0.3, -0.25) is 4.79 Å². The third-order valence-corrected chi connectivity index (χ3v) is 8.83. The van der Waals surface area contributed by atoms with Crippen molar-refractivity contribution < 1.29 is 14.3 Å². The van der Waals surface area contributed by atoms with Gasteiger partial charge in [0.15, 0.2) is 0 Å². The van der Waals surface area contributed by atoms with Gasteiger partial charge in [-0.05, 0) is 90.1 Å². The fraction of sp³-hybridized carbons (Fsp3) is 0.368. The van der Waals surface area contributed by atoms with E-state index in [4.69, 9.17) is 9.47 Å². The van der Waals surface area contributed by atoms with Crippen molar-refractivity contribution in [2.75, 3.05) is 48.9 Å². The van der Waals surface area contributed by atoms with Crippen LogP contribution in [0.3, 0.4) is 0 Å². The lowest BCUT2D eigenvalue weighted by atomic mass is 10.00. The molecule has 4 aromatic rings. The van der Waals surface area contributed by atoms with Gasteiger partial charge in [-0.15, -0.1) is 11.8 Å². The fourth-order valence-electron chi connectivity index (χ4n) is 5.43. The van der Waals surface area contributed by atoms with Crippen LogP contribution >= 0.6 is 11.8 Å². The number of hydrogen-bond donors (Lipinski definition) is 1. The number of nitrogens with zero attached hydrogens (tertiary/aromatic N) is 3. The molecular weight excluding hydrogens is 593 g/mol. The molecule has 0 atom stereocenters. The average molecular weight is 639 g/mol. The minimum absolute atomic E-state index is 0.0524. The predicted molar refractivity (Wildman–Crippen MR) is 191 cm³/mol. The van der Waals surface area contributed by atoms with Crippen molar-refractivity contribution in [3.8, 4) is 16.9 Å². The molecule has 0 fully saturated rings. The molecule has 0 bridgehead atoms. The van der Waals surface area contributed by atoms with Crippen LogP contribution in [0.1, 0.15) is 45.6 Å². The molecule has 1 aromatic heterocycles. The summed E-state index contributed by atoms with van der Waals surface area (Å²) in [5, 5.41) is 3.14. The van der Waals surface area contributed by atoms with Crippen LogP contribution in [-0.4, -0.2) is 54.1 Å². The molecule has 8 heteroatoms. The van der Waals surface area contributed by atoms with E-state index in [9.17, 15) is 4.79 Å². The second-order valence-corrected chi connectivity index (χ2v) is 13.2. The number of fused-ring (bicyclic) bond motifs is 1. The van der Waals surface area contributed by atoms with Gasteiger partial charge in [0.2, 0.25) is 0 Å². The van der Waals surface area contributed by atoms with Gasteiger partial charge in [0.1, 0.15) is 12.4 Å². The number of aromatic nitrogens is 2. The monoisotopic (exact) mass is 638 g/mol. The maximum absolute atomic E-state index is 13.6. The molecule has 242 valence electrons. The number of unbranched alkanes of at least 4 members (excludes halogenated alkanes) is 1. The van der Waals surface area contributed by atoms with E-state index < -0.39 is 0 Å². The van der Waals surface area contributed by atoms with Crippen molar-refractivity contribution in [1.82, 2.24) is 9.55 Å².